The van der Waals surface area contributed by atoms with Crippen LogP contribution >= 0.6 is 11.8 Å². The molecular formula is C19H23N5O10SSe. The van der Waals surface area contributed by atoms with Crippen LogP contribution in [0, 0.1) is 0 Å². The molecule has 2 atom stereocenters. The summed E-state index contributed by atoms with van der Waals surface area (Å²) in [5, 5.41) is 29.2. The molecule has 0 aromatic carbocycles. The van der Waals surface area contributed by atoms with Crippen molar-refractivity contribution in [2.24, 2.45) is 5.16 Å². The maximum Gasteiger partial charge on any atom is 0.503 e. The first-order valence-electron chi connectivity index (χ1n) is 9.93. The number of rotatable bonds is 8. The number of carboxylic acids is 1. The quantitative estimate of drug-likeness (QED) is 0.0833. The van der Waals surface area contributed by atoms with Gasteiger partial charge in [0, 0.05) is 6.92 Å². The van der Waals surface area contributed by atoms with Crippen molar-refractivity contribution in [2.45, 2.75) is 37.8 Å². The van der Waals surface area contributed by atoms with Gasteiger partial charge >= 0.3 is 187 Å². The molecule has 3 rings (SSSR count). The van der Waals surface area contributed by atoms with Gasteiger partial charge in [0.25, 0.3) is 0 Å². The Morgan fingerprint density at radius 3 is 2.50 bits per heavy atom. The Morgan fingerprint density at radius 1 is 1.33 bits per heavy atom. The van der Waals surface area contributed by atoms with Gasteiger partial charge < -0.3 is 10.2 Å². The number of nitrogens with two attached hydrogens (primary N) is 1. The zero-order chi connectivity index (χ0) is 27.2. The van der Waals surface area contributed by atoms with Gasteiger partial charge in [0.15, 0.2) is 0 Å². The van der Waals surface area contributed by atoms with Gasteiger partial charge in [0.1, 0.15) is 0 Å². The first-order chi connectivity index (χ1) is 16.7. The number of amides is 2. The molecule has 0 saturated carbocycles. The van der Waals surface area contributed by atoms with Crippen LogP contribution in [-0.2, 0) is 28.8 Å². The fourth-order valence-corrected chi connectivity index (χ4v) is 5.04. The second-order valence-corrected chi connectivity index (χ2v) is 10.6. The number of carbonyl (C=O) groups is 5. The van der Waals surface area contributed by atoms with Crippen LogP contribution in [0.4, 0.5) is 9.49 Å². The molecule has 0 aliphatic carbocycles. The molecule has 0 bridgehead atoms. The van der Waals surface area contributed by atoms with Gasteiger partial charge in [-0.1, -0.05) is 0 Å². The van der Waals surface area contributed by atoms with Gasteiger partial charge in [-0.2, -0.15) is 0 Å². The molecular weight excluding hydrogens is 569 g/mol. The molecule has 1 aromatic rings. The predicted molar refractivity (Wildman–Crippen MR) is 125 cm³/mol. The van der Waals surface area contributed by atoms with Crippen LogP contribution in [0.25, 0.3) is 0 Å². The minimum absolute atomic E-state index is 0.0959. The van der Waals surface area contributed by atoms with E-state index in [1.807, 2.05) is 0 Å². The maximum atomic E-state index is 12.9. The summed E-state index contributed by atoms with van der Waals surface area (Å²) in [6.45, 7) is 3.97. The van der Waals surface area contributed by atoms with E-state index in [2.05, 4.69) is 15.5 Å². The average molecular weight is 592 g/mol. The molecule has 17 heteroatoms. The molecule has 15 nitrogen and oxygen atoms in total. The van der Waals surface area contributed by atoms with Crippen molar-refractivity contribution in [3.05, 3.63) is 22.4 Å². The summed E-state index contributed by atoms with van der Waals surface area (Å²) in [5.41, 5.74) is 4.68. The molecule has 2 amide bonds. The zero-order valence-electron chi connectivity index (χ0n) is 19.2. The number of aromatic nitrogens is 1. The van der Waals surface area contributed by atoms with Crippen molar-refractivity contribution < 1.29 is 48.9 Å². The number of oxime groups is 1. The van der Waals surface area contributed by atoms with Crippen LogP contribution in [0.15, 0.2) is 21.9 Å². The standard InChI is InChI=1S/C18H21N5O7SSe.CH2O3/c1-8(24)29-5-9-4-23-14(26)12(15(23)31-6-9)21-13(25)11(10-7-32-17(19)20-10)22-30-18(2,3)16(27)28;2-1(3)4/h4,7,12,15H,5-6H2,1-3H3,(H2,19,20)(H,21,25)(H,27,28);(H2,2,3,4)/b22-11-;/t12-,15-;/m1./s1. The van der Waals surface area contributed by atoms with E-state index in [4.69, 9.17) is 30.3 Å². The molecule has 0 spiro atoms. The number of nitrogen functional groups attached to an aromatic ring is 1. The number of ether oxygens (including phenoxy) is 1. The van der Waals surface area contributed by atoms with Gasteiger partial charge in [0.05, 0.1) is 0 Å². The zero-order valence-corrected chi connectivity index (χ0v) is 21.7. The Hall–Kier alpha value is -3.56. The summed E-state index contributed by atoms with van der Waals surface area (Å²) >= 11 is 1.14. The normalized spacial score (nSPS) is 19.0. The van der Waals surface area contributed by atoms with Crippen molar-refractivity contribution in [3.63, 3.8) is 0 Å². The summed E-state index contributed by atoms with van der Waals surface area (Å²) in [6, 6.07) is -0.814. The summed E-state index contributed by atoms with van der Waals surface area (Å²) in [6.07, 6.45) is -0.213. The van der Waals surface area contributed by atoms with E-state index in [0.717, 1.165) is 5.57 Å². The Morgan fingerprint density at radius 2 is 1.97 bits per heavy atom. The van der Waals surface area contributed by atoms with E-state index in [0.29, 0.717) is 10.4 Å². The van der Waals surface area contributed by atoms with Crippen LogP contribution in [0.1, 0.15) is 26.5 Å². The molecule has 1 aromatic heterocycles. The first kappa shape index (κ1) is 28.7. The minimum atomic E-state index is -1.83. The molecule has 6 N–H and O–H groups in total. The topological polar surface area (TPSA) is 231 Å². The predicted octanol–water partition coefficient (Wildman–Crippen LogP) is -0.626. The SMILES string of the molecule is CC(=O)OCC1=CN2C(=O)[C@@H](NC(=O)/C(=N\OC(C)(C)C(=O)O)c3c[se]c(N)n3)[C@H]2SC1.O=C(O)O. The number of thioether (sulfide) groups is 1. The van der Waals surface area contributed by atoms with Crippen LogP contribution in [0.2, 0.25) is 0 Å². The third kappa shape index (κ3) is 7.47. The molecule has 2 aliphatic heterocycles. The van der Waals surface area contributed by atoms with Crippen LogP contribution in [-0.4, -0.2) is 105 Å². The van der Waals surface area contributed by atoms with Crippen LogP contribution < -0.4 is 11.1 Å². The molecule has 3 heterocycles. The van der Waals surface area contributed by atoms with E-state index in [1.165, 1.54) is 37.4 Å². The van der Waals surface area contributed by atoms with Crippen LogP contribution in [0.3, 0.4) is 0 Å². The number of hydrogen-bond acceptors (Lipinski definition) is 11. The summed E-state index contributed by atoms with van der Waals surface area (Å²) in [4.78, 5) is 68.5. The number of aliphatic carboxylic acids is 1. The average Bonchev–Trinajstić information content (AvgIpc) is 3.21. The monoisotopic (exact) mass is 593 g/mol. The number of anilines is 1. The molecule has 1 saturated heterocycles. The number of nitrogens with one attached hydrogen (secondary N) is 1. The second kappa shape index (κ2) is 11.9. The molecule has 0 unspecified atom stereocenters. The fraction of sp³-hybridized carbons (Fsp3) is 0.421. The molecule has 2 aliphatic rings. The van der Waals surface area contributed by atoms with E-state index in [9.17, 15) is 24.3 Å². The molecule has 36 heavy (non-hydrogen) atoms. The smallest absolute Gasteiger partial charge is 0.450 e. The van der Waals surface area contributed by atoms with Crippen LogP contribution in [0.5, 0.6) is 0 Å². The number of esters is 1. The van der Waals surface area contributed by atoms with Crippen molar-refractivity contribution in [1.29, 1.82) is 0 Å². The second-order valence-electron chi connectivity index (χ2n) is 7.67. The van der Waals surface area contributed by atoms with Gasteiger partial charge in [-0.25, -0.2) is 4.79 Å². The number of hydrogen-bond donors (Lipinski definition) is 5. The van der Waals surface area contributed by atoms with Crippen molar-refractivity contribution >= 4 is 66.6 Å². The third-order valence-electron chi connectivity index (χ3n) is 4.45. The number of nitrogens with zero attached hydrogens (tertiary/aromatic N) is 3. The van der Waals surface area contributed by atoms with E-state index in [1.54, 1.807) is 11.1 Å². The number of carboxylic acid groups (broad SMARTS) is 3. The maximum absolute atomic E-state index is 12.9. The Labute approximate surface area is 214 Å². The van der Waals surface area contributed by atoms with Gasteiger partial charge in [-0.05, 0) is 0 Å². The van der Waals surface area contributed by atoms with Gasteiger partial charge in [-0.15, -0.1) is 0 Å². The van der Waals surface area contributed by atoms with Gasteiger partial charge in [-0.3, -0.25) is 4.79 Å². The van der Waals surface area contributed by atoms with Crippen molar-refractivity contribution in [2.75, 3.05) is 18.1 Å². The number of β-lactam (4-membered cyclic amide) rings is 1. The Balaban J connectivity index is 0.00000106. The number of carbonyl (C=O) groups excluding carboxylic acids is 3. The summed E-state index contributed by atoms with van der Waals surface area (Å²) < 4.78 is 5.28. The number of fused-ring (bicyclic) bond motifs is 1. The molecule has 1 fully saturated rings. The van der Waals surface area contributed by atoms with Crippen molar-refractivity contribution in [1.82, 2.24) is 15.2 Å². The third-order valence-corrected chi connectivity index (χ3v) is 7.24. The minimum Gasteiger partial charge on any atom is -0.450 e. The Bertz CT molecular complexity index is 1110. The Kier molecular flexibility index (Phi) is 9.49. The summed E-state index contributed by atoms with van der Waals surface area (Å²) in [7, 11) is 0. The van der Waals surface area contributed by atoms with Crippen molar-refractivity contribution in [3.8, 4) is 0 Å². The fourth-order valence-electron chi connectivity index (χ4n) is 2.64. The largest absolute Gasteiger partial charge is 0.503 e. The molecule has 196 valence electrons. The van der Waals surface area contributed by atoms with E-state index < -0.39 is 35.6 Å². The van der Waals surface area contributed by atoms with E-state index in [-0.39, 0.29) is 43.8 Å². The summed E-state index contributed by atoms with van der Waals surface area (Å²) in [5.74, 6) is -2.23. The molecule has 0 radical (unpaired) electrons. The first-order valence-corrected chi connectivity index (χ1v) is 12.8. The van der Waals surface area contributed by atoms with Gasteiger partial charge in [0.2, 0.25) is 0 Å². The van der Waals surface area contributed by atoms with E-state index >= 15 is 0 Å².